The Kier molecular flexibility index (Phi) is 7.30. The van der Waals surface area contributed by atoms with Crippen LogP contribution in [0.15, 0.2) is 42.5 Å². The standard InChI is InChI=1S/C23H24Cl2FN3O3/c24-19-6-5-16(13-20(19)25)22(30)29-11-12-32-17(15-29)14-27-7-9-28(10-8-27)23(31)18-3-1-2-4-21(18)26/h1-6,13,17H,7-12,14-15H2/t17-/m1/s1. The van der Waals surface area contributed by atoms with Gasteiger partial charge in [0, 0.05) is 51.4 Å². The van der Waals surface area contributed by atoms with Gasteiger partial charge in [0.05, 0.1) is 28.3 Å². The van der Waals surface area contributed by atoms with Gasteiger partial charge in [-0.2, -0.15) is 0 Å². The molecular weight excluding hydrogens is 456 g/mol. The molecule has 1 atom stereocenters. The summed E-state index contributed by atoms with van der Waals surface area (Å²) in [5.74, 6) is -0.880. The van der Waals surface area contributed by atoms with E-state index in [1.165, 1.54) is 12.1 Å². The molecule has 4 rings (SSSR count). The molecule has 0 radical (unpaired) electrons. The number of benzene rings is 2. The molecule has 2 fully saturated rings. The van der Waals surface area contributed by atoms with E-state index in [9.17, 15) is 14.0 Å². The van der Waals surface area contributed by atoms with Crippen LogP contribution in [-0.4, -0.2) is 85.0 Å². The monoisotopic (exact) mass is 479 g/mol. The molecule has 0 aliphatic carbocycles. The maximum atomic E-state index is 13.9. The number of carbonyl (C=O) groups excluding carboxylic acids is 2. The van der Waals surface area contributed by atoms with Gasteiger partial charge in [-0.15, -0.1) is 0 Å². The number of amides is 2. The summed E-state index contributed by atoms with van der Waals surface area (Å²) in [7, 11) is 0. The second kappa shape index (κ2) is 10.2. The second-order valence-corrected chi connectivity index (χ2v) is 8.76. The van der Waals surface area contributed by atoms with Gasteiger partial charge < -0.3 is 14.5 Å². The Morgan fingerprint density at radius 3 is 2.41 bits per heavy atom. The van der Waals surface area contributed by atoms with Crippen molar-refractivity contribution in [3.63, 3.8) is 0 Å². The Labute approximate surface area is 196 Å². The first kappa shape index (κ1) is 23.0. The van der Waals surface area contributed by atoms with Crippen molar-refractivity contribution >= 4 is 35.0 Å². The number of hydrogen-bond donors (Lipinski definition) is 0. The Morgan fingerprint density at radius 1 is 0.938 bits per heavy atom. The summed E-state index contributed by atoms with van der Waals surface area (Å²) in [6.07, 6.45) is -0.121. The van der Waals surface area contributed by atoms with Crippen molar-refractivity contribution < 1.29 is 18.7 Å². The lowest BCUT2D eigenvalue weighted by atomic mass is 10.1. The summed E-state index contributed by atoms with van der Waals surface area (Å²) >= 11 is 12.0. The van der Waals surface area contributed by atoms with Crippen molar-refractivity contribution in [2.75, 3.05) is 52.4 Å². The Hall–Kier alpha value is -2.19. The van der Waals surface area contributed by atoms with E-state index in [0.29, 0.717) is 68.0 Å². The van der Waals surface area contributed by atoms with E-state index in [1.54, 1.807) is 40.1 Å². The summed E-state index contributed by atoms with van der Waals surface area (Å²) in [5, 5.41) is 0.765. The molecule has 2 saturated heterocycles. The van der Waals surface area contributed by atoms with E-state index in [1.807, 2.05) is 0 Å². The number of halogens is 3. The summed E-state index contributed by atoms with van der Waals surface area (Å²) in [4.78, 5) is 31.1. The summed E-state index contributed by atoms with van der Waals surface area (Å²) in [6.45, 7) is 4.49. The Balaban J connectivity index is 1.29. The molecule has 9 heteroatoms. The van der Waals surface area contributed by atoms with Gasteiger partial charge in [-0.3, -0.25) is 14.5 Å². The van der Waals surface area contributed by atoms with Crippen molar-refractivity contribution in [1.29, 1.82) is 0 Å². The highest BCUT2D eigenvalue weighted by Gasteiger charge is 2.29. The molecule has 0 aromatic heterocycles. The number of morpholine rings is 1. The van der Waals surface area contributed by atoms with E-state index in [2.05, 4.69) is 4.90 Å². The van der Waals surface area contributed by atoms with Crippen molar-refractivity contribution in [2.24, 2.45) is 0 Å². The van der Waals surface area contributed by atoms with E-state index in [4.69, 9.17) is 27.9 Å². The smallest absolute Gasteiger partial charge is 0.256 e. The molecular formula is C23H24Cl2FN3O3. The fourth-order valence-corrected chi connectivity index (χ4v) is 4.35. The largest absolute Gasteiger partial charge is 0.373 e. The SMILES string of the molecule is O=C(c1ccc(Cl)c(Cl)c1)N1CCO[C@H](CN2CCN(C(=O)c3ccccc3F)CC2)C1. The van der Waals surface area contributed by atoms with Crippen LogP contribution in [0, 0.1) is 5.82 Å². The van der Waals surface area contributed by atoms with E-state index in [-0.39, 0.29) is 23.5 Å². The third kappa shape index (κ3) is 5.23. The number of ether oxygens (including phenoxy) is 1. The molecule has 170 valence electrons. The van der Waals surface area contributed by atoms with Gasteiger partial charge in [-0.1, -0.05) is 35.3 Å². The molecule has 2 aromatic carbocycles. The number of carbonyl (C=O) groups is 2. The van der Waals surface area contributed by atoms with Gasteiger partial charge in [0.1, 0.15) is 5.82 Å². The summed E-state index contributed by atoms with van der Waals surface area (Å²) < 4.78 is 19.8. The average Bonchev–Trinajstić information content (AvgIpc) is 2.81. The van der Waals surface area contributed by atoms with Crippen molar-refractivity contribution in [1.82, 2.24) is 14.7 Å². The van der Waals surface area contributed by atoms with E-state index < -0.39 is 5.82 Å². The van der Waals surface area contributed by atoms with Crippen LogP contribution in [0.3, 0.4) is 0 Å². The zero-order chi connectivity index (χ0) is 22.7. The third-order valence-electron chi connectivity index (χ3n) is 5.82. The van der Waals surface area contributed by atoms with Crippen molar-refractivity contribution in [3.05, 3.63) is 69.5 Å². The topological polar surface area (TPSA) is 53.1 Å². The third-order valence-corrected chi connectivity index (χ3v) is 6.56. The lowest BCUT2D eigenvalue weighted by molar-refractivity contribution is -0.0400. The maximum Gasteiger partial charge on any atom is 0.256 e. The Bertz CT molecular complexity index is 998. The minimum absolute atomic E-state index is 0.0998. The minimum atomic E-state index is -0.498. The van der Waals surface area contributed by atoms with Gasteiger partial charge in [0.2, 0.25) is 0 Å². The molecule has 0 bridgehead atoms. The van der Waals surface area contributed by atoms with Crippen molar-refractivity contribution in [2.45, 2.75) is 6.10 Å². The first-order chi connectivity index (χ1) is 15.4. The van der Waals surface area contributed by atoms with Crippen LogP contribution in [0.4, 0.5) is 4.39 Å². The van der Waals surface area contributed by atoms with Crippen LogP contribution < -0.4 is 0 Å². The lowest BCUT2D eigenvalue weighted by Gasteiger charge is -2.39. The molecule has 6 nitrogen and oxygen atoms in total. The normalized spacial score (nSPS) is 19.8. The van der Waals surface area contributed by atoms with E-state index in [0.717, 1.165) is 0 Å². The molecule has 2 amide bonds. The van der Waals surface area contributed by atoms with Crippen LogP contribution in [0.5, 0.6) is 0 Å². The van der Waals surface area contributed by atoms with Crippen LogP contribution in [0.25, 0.3) is 0 Å². The minimum Gasteiger partial charge on any atom is -0.373 e. The second-order valence-electron chi connectivity index (χ2n) is 7.95. The molecule has 0 unspecified atom stereocenters. The molecule has 0 spiro atoms. The van der Waals surface area contributed by atoms with Crippen LogP contribution in [0.2, 0.25) is 10.0 Å². The first-order valence-electron chi connectivity index (χ1n) is 10.5. The molecule has 2 aliphatic heterocycles. The molecule has 2 aliphatic rings. The number of rotatable bonds is 4. The molecule has 2 aromatic rings. The van der Waals surface area contributed by atoms with Gasteiger partial charge in [0.15, 0.2) is 0 Å². The Morgan fingerprint density at radius 2 is 1.69 bits per heavy atom. The molecule has 0 N–H and O–H groups in total. The highest BCUT2D eigenvalue weighted by Crippen LogP contribution is 2.24. The first-order valence-corrected chi connectivity index (χ1v) is 11.3. The fraction of sp³-hybridized carbons (Fsp3) is 0.391. The molecule has 2 heterocycles. The van der Waals surface area contributed by atoms with Gasteiger partial charge in [-0.05, 0) is 30.3 Å². The van der Waals surface area contributed by atoms with Crippen LogP contribution in [-0.2, 0) is 4.74 Å². The number of piperazine rings is 1. The molecule has 0 saturated carbocycles. The molecule has 32 heavy (non-hydrogen) atoms. The number of hydrogen-bond acceptors (Lipinski definition) is 4. The highest BCUT2D eigenvalue weighted by atomic mass is 35.5. The maximum absolute atomic E-state index is 13.9. The van der Waals surface area contributed by atoms with Crippen LogP contribution in [0.1, 0.15) is 20.7 Å². The highest BCUT2D eigenvalue weighted by molar-refractivity contribution is 6.42. The lowest BCUT2D eigenvalue weighted by Crippen LogP contribution is -2.54. The predicted octanol–water partition coefficient (Wildman–Crippen LogP) is 3.43. The predicted molar refractivity (Wildman–Crippen MR) is 121 cm³/mol. The zero-order valence-electron chi connectivity index (χ0n) is 17.5. The van der Waals surface area contributed by atoms with Crippen LogP contribution >= 0.6 is 23.2 Å². The summed E-state index contributed by atoms with van der Waals surface area (Å²) in [5.41, 5.74) is 0.605. The van der Waals surface area contributed by atoms with Crippen molar-refractivity contribution in [3.8, 4) is 0 Å². The van der Waals surface area contributed by atoms with E-state index >= 15 is 0 Å². The number of nitrogens with zero attached hydrogens (tertiary/aromatic N) is 3. The average molecular weight is 480 g/mol. The quantitative estimate of drug-likeness (QED) is 0.673. The van der Waals surface area contributed by atoms with Gasteiger partial charge in [0.25, 0.3) is 11.8 Å². The van der Waals surface area contributed by atoms with Gasteiger partial charge >= 0.3 is 0 Å². The summed E-state index contributed by atoms with van der Waals surface area (Å²) in [6, 6.07) is 10.9. The zero-order valence-corrected chi connectivity index (χ0v) is 19.0. The fourth-order valence-electron chi connectivity index (χ4n) is 4.05. The van der Waals surface area contributed by atoms with Gasteiger partial charge in [-0.25, -0.2) is 4.39 Å².